The van der Waals surface area contributed by atoms with E-state index in [0.29, 0.717) is 17.1 Å². The van der Waals surface area contributed by atoms with Gasteiger partial charge in [-0.2, -0.15) is 0 Å². The molecule has 0 fully saturated rings. The summed E-state index contributed by atoms with van der Waals surface area (Å²) in [6.07, 6.45) is 0. The number of amides is 3. The van der Waals surface area contributed by atoms with Gasteiger partial charge in [0.1, 0.15) is 0 Å². The largest absolute Gasteiger partial charge is 0.399 e. The number of carbonyl (C=O) groups excluding carboxylic acids is 3. The van der Waals surface area contributed by atoms with Crippen molar-refractivity contribution in [2.24, 2.45) is 0 Å². The third kappa shape index (κ3) is 3.70. The SMILES string of the molecule is CC(=O)N(C(=O)C(=O)Nc1ccc(C)cc1N)c1cccc(N)c1. The normalized spacial score (nSPS) is 10.1. The first kappa shape index (κ1) is 17.0. The van der Waals surface area contributed by atoms with Gasteiger partial charge in [-0.05, 0) is 42.8 Å². The third-order valence-corrected chi connectivity index (χ3v) is 3.30. The van der Waals surface area contributed by atoms with E-state index in [4.69, 9.17) is 11.5 Å². The maximum Gasteiger partial charge on any atom is 0.323 e. The van der Waals surface area contributed by atoms with E-state index < -0.39 is 17.7 Å². The van der Waals surface area contributed by atoms with Gasteiger partial charge < -0.3 is 16.8 Å². The Balaban J connectivity index is 2.26. The molecule has 2 rings (SSSR count). The zero-order valence-electron chi connectivity index (χ0n) is 13.4. The summed E-state index contributed by atoms with van der Waals surface area (Å²) in [5.74, 6) is -2.59. The topological polar surface area (TPSA) is 119 Å². The molecule has 124 valence electrons. The first-order chi connectivity index (χ1) is 11.3. The molecule has 0 radical (unpaired) electrons. The molecule has 2 aromatic rings. The lowest BCUT2D eigenvalue weighted by atomic mass is 10.2. The molecule has 0 aromatic heterocycles. The van der Waals surface area contributed by atoms with Crippen LogP contribution in [0.5, 0.6) is 0 Å². The van der Waals surface area contributed by atoms with Gasteiger partial charge in [0.15, 0.2) is 0 Å². The van der Waals surface area contributed by atoms with E-state index >= 15 is 0 Å². The number of nitrogens with one attached hydrogen (secondary N) is 1. The van der Waals surface area contributed by atoms with Crippen LogP contribution in [0.4, 0.5) is 22.7 Å². The molecule has 0 saturated heterocycles. The number of aryl methyl sites for hydroxylation is 1. The van der Waals surface area contributed by atoms with E-state index in [2.05, 4.69) is 5.32 Å². The van der Waals surface area contributed by atoms with Gasteiger partial charge in [-0.1, -0.05) is 12.1 Å². The smallest absolute Gasteiger partial charge is 0.323 e. The molecule has 3 amide bonds. The highest BCUT2D eigenvalue weighted by atomic mass is 16.2. The summed E-state index contributed by atoms with van der Waals surface area (Å²) < 4.78 is 0. The second-order valence-corrected chi connectivity index (χ2v) is 5.30. The maximum absolute atomic E-state index is 12.4. The Kier molecular flexibility index (Phi) is 4.84. The van der Waals surface area contributed by atoms with Crippen molar-refractivity contribution in [1.29, 1.82) is 0 Å². The van der Waals surface area contributed by atoms with Crippen molar-refractivity contribution in [2.75, 3.05) is 21.7 Å². The molecule has 0 aliphatic heterocycles. The molecule has 0 heterocycles. The number of benzene rings is 2. The van der Waals surface area contributed by atoms with Crippen molar-refractivity contribution >= 4 is 40.5 Å². The number of carbonyl (C=O) groups is 3. The molecule has 0 aliphatic rings. The van der Waals surface area contributed by atoms with Gasteiger partial charge in [0.05, 0.1) is 17.1 Å². The van der Waals surface area contributed by atoms with E-state index in [1.807, 2.05) is 6.92 Å². The molecule has 0 aliphatic carbocycles. The Morgan fingerprint density at radius 2 is 1.75 bits per heavy atom. The van der Waals surface area contributed by atoms with E-state index in [-0.39, 0.29) is 5.69 Å². The van der Waals surface area contributed by atoms with Crippen LogP contribution >= 0.6 is 0 Å². The number of nitrogens with two attached hydrogens (primary N) is 2. The summed E-state index contributed by atoms with van der Waals surface area (Å²) in [4.78, 5) is 37.2. The van der Waals surface area contributed by atoms with Gasteiger partial charge >= 0.3 is 11.8 Å². The Morgan fingerprint density at radius 3 is 2.33 bits per heavy atom. The van der Waals surface area contributed by atoms with Crippen LogP contribution in [0, 0.1) is 6.92 Å². The fourth-order valence-electron chi connectivity index (χ4n) is 2.18. The third-order valence-electron chi connectivity index (χ3n) is 3.30. The van der Waals surface area contributed by atoms with Crippen molar-refractivity contribution in [3.8, 4) is 0 Å². The molecule has 7 heteroatoms. The summed E-state index contributed by atoms with van der Waals surface area (Å²) in [6.45, 7) is 3.04. The van der Waals surface area contributed by atoms with Crippen LogP contribution in [0.1, 0.15) is 12.5 Å². The number of nitrogens with zero attached hydrogens (tertiary/aromatic N) is 1. The van der Waals surface area contributed by atoms with Gasteiger partial charge in [-0.3, -0.25) is 14.4 Å². The average Bonchev–Trinajstić information content (AvgIpc) is 2.49. The molecule has 0 bridgehead atoms. The molecular weight excluding hydrogens is 308 g/mol. The zero-order valence-corrected chi connectivity index (χ0v) is 13.4. The minimum Gasteiger partial charge on any atom is -0.399 e. The van der Waals surface area contributed by atoms with Crippen LogP contribution in [0.2, 0.25) is 0 Å². The van der Waals surface area contributed by atoms with Crippen LogP contribution < -0.4 is 21.7 Å². The van der Waals surface area contributed by atoms with Crippen LogP contribution in [-0.2, 0) is 14.4 Å². The second kappa shape index (κ2) is 6.82. The van der Waals surface area contributed by atoms with Gasteiger partial charge in [-0.25, -0.2) is 4.90 Å². The number of anilines is 4. The molecule has 5 N–H and O–H groups in total. The van der Waals surface area contributed by atoms with E-state index in [0.717, 1.165) is 10.5 Å². The number of hydrogen-bond acceptors (Lipinski definition) is 5. The van der Waals surface area contributed by atoms with Crippen LogP contribution in [0.15, 0.2) is 42.5 Å². The molecule has 0 saturated carbocycles. The highest BCUT2D eigenvalue weighted by Crippen LogP contribution is 2.21. The van der Waals surface area contributed by atoms with Crippen LogP contribution in [0.3, 0.4) is 0 Å². The monoisotopic (exact) mass is 326 g/mol. The second-order valence-electron chi connectivity index (χ2n) is 5.30. The minimum atomic E-state index is -1.02. The fraction of sp³-hybridized carbons (Fsp3) is 0.118. The molecule has 0 spiro atoms. The lowest BCUT2D eigenvalue weighted by Gasteiger charge is -2.19. The number of hydrogen-bond donors (Lipinski definition) is 3. The Morgan fingerprint density at radius 1 is 1.04 bits per heavy atom. The van der Waals surface area contributed by atoms with Crippen molar-refractivity contribution in [3.05, 3.63) is 48.0 Å². The summed E-state index contributed by atoms with van der Waals surface area (Å²) in [6, 6.07) is 11.2. The molecular formula is C17H18N4O3. The molecule has 0 unspecified atom stereocenters. The summed E-state index contributed by atoms with van der Waals surface area (Å²) in [5, 5.41) is 2.42. The summed E-state index contributed by atoms with van der Waals surface area (Å²) in [5.41, 5.74) is 13.6. The Bertz CT molecular complexity index is 817. The van der Waals surface area contributed by atoms with E-state index in [9.17, 15) is 14.4 Å². The highest BCUT2D eigenvalue weighted by molar-refractivity contribution is 6.48. The minimum absolute atomic E-state index is 0.222. The number of nitrogen functional groups attached to an aromatic ring is 2. The van der Waals surface area contributed by atoms with Gasteiger partial charge in [0, 0.05) is 12.6 Å². The van der Waals surface area contributed by atoms with Crippen molar-refractivity contribution in [1.82, 2.24) is 0 Å². The highest BCUT2D eigenvalue weighted by Gasteiger charge is 2.27. The first-order valence-electron chi connectivity index (χ1n) is 7.17. The summed E-state index contributed by atoms with van der Waals surface area (Å²) in [7, 11) is 0. The van der Waals surface area contributed by atoms with Crippen molar-refractivity contribution < 1.29 is 14.4 Å². The Labute approximate surface area is 139 Å². The van der Waals surface area contributed by atoms with Crippen LogP contribution in [-0.4, -0.2) is 17.7 Å². The molecule has 7 nitrogen and oxygen atoms in total. The number of rotatable bonds is 2. The average molecular weight is 326 g/mol. The first-order valence-corrected chi connectivity index (χ1v) is 7.17. The van der Waals surface area contributed by atoms with E-state index in [1.165, 1.54) is 19.1 Å². The number of imide groups is 1. The van der Waals surface area contributed by atoms with Crippen LogP contribution in [0.25, 0.3) is 0 Å². The predicted octanol–water partition coefficient (Wildman–Crippen LogP) is 1.68. The Hall–Kier alpha value is -3.35. The standard InChI is InChI=1S/C17H18N4O3/c1-10-6-7-15(14(19)8-10)20-16(23)17(24)21(11(2)22)13-5-3-4-12(18)9-13/h3-9H,18-19H2,1-2H3,(H,20,23). The maximum atomic E-state index is 12.4. The fourth-order valence-corrected chi connectivity index (χ4v) is 2.18. The van der Waals surface area contributed by atoms with Gasteiger partial charge in [0.2, 0.25) is 5.91 Å². The quantitative estimate of drug-likeness (QED) is 0.573. The lowest BCUT2D eigenvalue weighted by molar-refractivity contribution is -0.136. The zero-order chi connectivity index (χ0) is 17.9. The summed E-state index contributed by atoms with van der Waals surface area (Å²) >= 11 is 0. The predicted molar refractivity (Wildman–Crippen MR) is 93.2 cm³/mol. The molecule has 0 atom stereocenters. The van der Waals surface area contributed by atoms with Gasteiger partial charge in [-0.15, -0.1) is 0 Å². The van der Waals surface area contributed by atoms with Crippen molar-refractivity contribution in [3.63, 3.8) is 0 Å². The van der Waals surface area contributed by atoms with E-state index in [1.54, 1.807) is 30.3 Å². The van der Waals surface area contributed by atoms with Crippen molar-refractivity contribution in [2.45, 2.75) is 13.8 Å². The van der Waals surface area contributed by atoms with Gasteiger partial charge in [0.25, 0.3) is 0 Å². The molecule has 24 heavy (non-hydrogen) atoms. The lowest BCUT2D eigenvalue weighted by Crippen LogP contribution is -2.42. The molecule has 2 aromatic carbocycles.